The van der Waals surface area contributed by atoms with Gasteiger partial charge in [-0.15, -0.1) is 11.3 Å². The van der Waals surface area contributed by atoms with Gasteiger partial charge in [0.2, 0.25) is 10.0 Å². The fourth-order valence-electron chi connectivity index (χ4n) is 3.29. The fraction of sp³-hybridized carbons (Fsp3) is 0.529. The van der Waals surface area contributed by atoms with Crippen molar-refractivity contribution in [3.63, 3.8) is 0 Å². The first kappa shape index (κ1) is 17.7. The summed E-state index contributed by atoms with van der Waals surface area (Å²) in [6.45, 7) is 6.52. The summed E-state index contributed by atoms with van der Waals surface area (Å²) < 4.78 is 27.5. The van der Waals surface area contributed by atoms with Crippen molar-refractivity contribution in [2.24, 2.45) is 5.92 Å². The van der Waals surface area contributed by atoms with Crippen LogP contribution in [0, 0.1) is 12.8 Å². The van der Waals surface area contributed by atoms with Gasteiger partial charge in [0, 0.05) is 49.5 Å². The molecule has 1 aliphatic rings. The first-order valence-electron chi connectivity index (χ1n) is 8.25. The van der Waals surface area contributed by atoms with E-state index in [-0.39, 0.29) is 0 Å². The van der Waals surface area contributed by atoms with Gasteiger partial charge in [0.15, 0.2) is 0 Å². The molecule has 3 heterocycles. The van der Waals surface area contributed by atoms with Gasteiger partial charge >= 0.3 is 0 Å². The molecule has 0 amide bonds. The standard InChI is InChI=1S/C17H25N3O2S2/c1-14-6-9-23-17(14)13-19-10-15(5-7-18-24(2,21)22)11-20-8-3-4-16(20)12-19/h3-4,6,8-9,15,18H,5,7,10-13H2,1-2H3/t15-/m0/s1. The van der Waals surface area contributed by atoms with Gasteiger partial charge in [0.05, 0.1) is 6.26 Å². The Morgan fingerprint density at radius 2 is 2.17 bits per heavy atom. The van der Waals surface area contributed by atoms with E-state index in [1.807, 2.05) is 11.3 Å². The predicted molar refractivity (Wildman–Crippen MR) is 98.6 cm³/mol. The normalized spacial score (nSPS) is 19.2. The monoisotopic (exact) mass is 367 g/mol. The van der Waals surface area contributed by atoms with E-state index in [4.69, 9.17) is 0 Å². The van der Waals surface area contributed by atoms with Crippen molar-refractivity contribution in [2.75, 3.05) is 19.3 Å². The van der Waals surface area contributed by atoms with Crippen LogP contribution in [-0.4, -0.2) is 37.2 Å². The lowest BCUT2D eigenvalue weighted by Gasteiger charge is -2.24. The van der Waals surface area contributed by atoms with Crippen molar-refractivity contribution in [3.8, 4) is 0 Å². The molecule has 132 valence electrons. The minimum absolute atomic E-state index is 0.438. The summed E-state index contributed by atoms with van der Waals surface area (Å²) in [5.41, 5.74) is 2.69. The maximum absolute atomic E-state index is 11.3. The molecule has 5 nitrogen and oxygen atoms in total. The average Bonchev–Trinajstić information content (AvgIpc) is 3.04. The second-order valence-corrected chi connectivity index (χ2v) is 9.50. The van der Waals surface area contributed by atoms with Crippen LogP contribution < -0.4 is 4.72 Å². The smallest absolute Gasteiger partial charge is 0.208 e. The topological polar surface area (TPSA) is 54.3 Å². The highest BCUT2D eigenvalue weighted by molar-refractivity contribution is 7.88. The molecule has 3 rings (SSSR count). The summed E-state index contributed by atoms with van der Waals surface area (Å²) in [7, 11) is -3.11. The van der Waals surface area contributed by atoms with Crippen LogP contribution >= 0.6 is 11.3 Å². The summed E-state index contributed by atoms with van der Waals surface area (Å²) in [4.78, 5) is 3.91. The maximum atomic E-state index is 11.3. The molecule has 2 aromatic rings. The molecule has 7 heteroatoms. The van der Waals surface area contributed by atoms with Crippen LogP contribution in [0.4, 0.5) is 0 Å². The van der Waals surface area contributed by atoms with E-state index in [1.165, 1.54) is 22.4 Å². The van der Waals surface area contributed by atoms with Gasteiger partial charge in [-0.25, -0.2) is 13.1 Å². The van der Waals surface area contributed by atoms with Crippen molar-refractivity contribution >= 4 is 21.4 Å². The molecule has 0 unspecified atom stereocenters. The molecule has 1 N–H and O–H groups in total. The summed E-state index contributed by atoms with van der Waals surface area (Å²) in [6, 6.07) is 6.46. The number of thiophene rings is 1. The van der Waals surface area contributed by atoms with Crippen LogP contribution in [0.1, 0.15) is 22.6 Å². The molecule has 0 spiro atoms. The molecule has 0 saturated carbocycles. The first-order valence-corrected chi connectivity index (χ1v) is 11.0. The lowest BCUT2D eigenvalue weighted by molar-refractivity contribution is 0.217. The molecule has 0 radical (unpaired) electrons. The number of aryl methyl sites for hydroxylation is 1. The number of nitrogens with one attached hydrogen (secondary N) is 1. The SMILES string of the molecule is Cc1ccsc1CN1Cc2cccn2C[C@@H](CCNS(C)(=O)=O)C1. The van der Waals surface area contributed by atoms with Crippen LogP contribution in [0.25, 0.3) is 0 Å². The predicted octanol–water partition coefficient (Wildman–Crippen LogP) is 2.43. The van der Waals surface area contributed by atoms with Gasteiger partial charge < -0.3 is 4.57 Å². The van der Waals surface area contributed by atoms with Gasteiger partial charge in [0.25, 0.3) is 0 Å². The molecule has 2 aromatic heterocycles. The molecule has 1 atom stereocenters. The zero-order chi connectivity index (χ0) is 17.2. The Balaban J connectivity index is 1.69. The molecule has 0 bridgehead atoms. The Kier molecular flexibility index (Phi) is 5.44. The number of fused-ring (bicyclic) bond motifs is 1. The molecule has 0 aliphatic carbocycles. The van der Waals surface area contributed by atoms with Crippen molar-refractivity contribution in [1.29, 1.82) is 0 Å². The summed E-state index contributed by atoms with van der Waals surface area (Å²) >= 11 is 1.82. The van der Waals surface area contributed by atoms with Crippen LogP contribution in [0.5, 0.6) is 0 Å². The van der Waals surface area contributed by atoms with Gasteiger partial charge in [-0.3, -0.25) is 4.90 Å². The molecule has 1 aliphatic heterocycles. The highest BCUT2D eigenvalue weighted by Gasteiger charge is 2.22. The third kappa shape index (κ3) is 4.69. The first-order chi connectivity index (χ1) is 11.4. The maximum Gasteiger partial charge on any atom is 0.208 e. The third-order valence-corrected chi connectivity index (χ3v) is 6.27. The van der Waals surface area contributed by atoms with E-state index >= 15 is 0 Å². The summed E-state index contributed by atoms with van der Waals surface area (Å²) in [5, 5.41) is 2.15. The second-order valence-electron chi connectivity index (χ2n) is 6.67. The van der Waals surface area contributed by atoms with E-state index < -0.39 is 10.0 Å². The van der Waals surface area contributed by atoms with E-state index in [0.717, 1.165) is 32.6 Å². The minimum Gasteiger partial charge on any atom is -0.350 e. The van der Waals surface area contributed by atoms with Crippen LogP contribution in [0.2, 0.25) is 0 Å². The minimum atomic E-state index is -3.11. The van der Waals surface area contributed by atoms with Crippen molar-refractivity contribution < 1.29 is 8.42 Å². The van der Waals surface area contributed by atoms with Crippen LogP contribution in [-0.2, 0) is 29.7 Å². The summed E-state index contributed by atoms with van der Waals surface area (Å²) in [5.74, 6) is 0.438. The fourth-order valence-corrected chi connectivity index (χ4v) is 4.72. The van der Waals surface area contributed by atoms with E-state index in [2.05, 4.69) is 50.9 Å². The summed E-state index contributed by atoms with van der Waals surface area (Å²) in [6.07, 6.45) is 4.20. The number of nitrogens with zero attached hydrogens (tertiary/aromatic N) is 2. The Bertz CT molecular complexity index is 779. The highest BCUT2D eigenvalue weighted by atomic mass is 32.2. The van der Waals surface area contributed by atoms with E-state index in [1.54, 1.807) is 0 Å². The molecular formula is C17H25N3O2S2. The van der Waals surface area contributed by atoms with Gasteiger partial charge in [-0.05, 0) is 48.4 Å². The average molecular weight is 368 g/mol. The van der Waals surface area contributed by atoms with E-state index in [9.17, 15) is 8.42 Å². The Morgan fingerprint density at radius 3 is 2.88 bits per heavy atom. The number of rotatable bonds is 6. The Labute approximate surface area is 148 Å². The Morgan fingerprint density at radius 1 is 1.33 bits per heavy atom. The van der Waals surface area contributed by atoms with Gasteiger partial charge in [-0.2, -0.15) is 0 Å². The number of aromatic nitrogens is 1. The quantitative estimate of drug-likeness (QED) is 0.853. The molecule has 0 saturated heterocycles. The lowest BCUT2D eigenvalue weighted by atomic mass is 10.1. The van der Waals surface area contributed by atoms with Crippen molar-refractivity contribution in [2.45, 2.75) is 33.0 Å². The van der Waals surface area contributed by atoms with E-state index in [0.29, 0.717) is 12.5 Å². The highest BCUT2D eigenvalue weighted by Crippen LogP contribution is 2.24. The zero-order valence-corrected chi connectivity index (χ0v) is 15.9. The van der Waals surface area contributed by atoms with Crippen molar-refractivity contribution in [3.05, 3.63) is 45.9 Å². The van der Waals surface area contributed by atoms with Gasteiger partial charge in [0.1, 0.15) is 0 Å². The van der Waals surface area contributed by atoms with Crippen LogP contribution in [0.15, 0.2) is 29.8 Å². The third-order valence-electron chi connectivity index (χ3n) is 4.53. The zero-order valence-electron chi connectivity index (χ0n) is 14.2. The Hall–Kier alpha value is -1.15. The number of hydrogen-bond acceptors (Lipinski definition) is 4. The van der Waals surface area contributed by atoms with Crippen LogP contribution in [0.3, 0.4) is 0 Å². The van der Waals surface area contributed by atoms with Crippen molar-refractivity contribution in [1.82, 2.24) is 14.2 Å². The lowest BCUT2D eigenvalue weighted by Crippen LogP contribution is -2.31. The number of hydrogen-bond donors (Lipinski definition) is 1. The molecular weight excluding hydrogens is 342 g/mol. The van der Waals surface area contributed by atoms with Gasteiger partial charge in [-0.1, -0.05) is 0 Å². The number of sulfonamides is 1. The molecule has 0 fully saturated rings. The molecule has 0 aromatic carbocycles. The largest absolute Gasteiger partial charge is 0.350 e. The second kappa shape index (κ2) is 7.39. The molecule has 24 heavy (non-hydrogen) atoms.